The van der Waals surface area contributed by atoms with Gasteiger partial charge in [0.05, 0.1) is 11.1 Å². The molecule has 2 unspecified atom stereocenters. The molecule has 1 aliphatic heterocycles. The van der Waals surface area contributed by atoms with Gasteiger partial charge in [-0.05, 0) is 37.6 Å². The average Bonchev–Trinajstić information content (AvgIpc) is 3.09. The van der Waals surface area contributed by atoms with Gasteiger partial charge in [-0.3, -0.25) is 23.9 Å². The number of carbonyl (C=O) groups is 2. The van der Waals surface area contributed by atoms with Crippen LogP contribution in [0.15, 0.2) is 41.3 Å². The van der Waals surface area contributed by atoms with E-state index in [0.29, 0.717) is 6.07 Å². The first-order valence-corrected chi connectivity index (χ1v) is 11.2. The van der Waals surface area contributed by atoms with Crippen molar-refractivity contribution in [3.8, 4) is 5.69 Å². The summed E-state index contributed by atoms with van der Waals surface area (Å²) in [6.45, 7) is 2.62. The lowest BCUT2D eigenvalue weighted by atomic mass is 10.1. The van der Waals surface area contributed by atoms with Gasteiger partial charge in [-0.2, -0.15) is 13.2 Å². The lowest BCUT2D eigenvalue weighted by molar-refractivity contribution is -0.153. The van der Waals surface area contributed by atoms with Gasteiger partial charge < -0.3 is 10.4 Å². The fourth-order valence-electron chi connectivity index (χ4n) is 4.06. The lowest BCUT2D eigenvalue weighted by Gasteiger charge is -2.21. The summed E-state index contributed by atoms with van der Waals surface area (Å²) in [4.78, 5) is 43.9. The van der Waals surface area contributed by atoms with E-state index < -0.39 is 58.7 Å². The Balaban J connectivity index is 1.93. The minimum atomic E-state index is -4.77. The van der Waals surface area contributed by atoms with Gasteiger partial charge in [0.25, 0.3) is 11.8 Å². The predicted molar refractivity (Wildman–Crippen MR) is 122 cm³/mol. The molecule has 4 rings (SSSR count). The SMILES string of the molecule is CCC(NC(=O)c1cn(-c2ccc(F)cc2F)c2nc(N3CCC(C)(O)C3=O)ccc2c1=O)C(F)(F)F. The molecule has 1 aliphatic rings. The molecule has 13 heteroatoms. The maximum Gasteiger partial charge on any atom is 0.408 e. The molecule has 0 bridgehead atoms. The minimum absolute atomic E-state index is 0.00580. The van der Waals surface area contributed by atoms with Gasteiger partial charge in [0.15, 0.2) is 5.65 Å². The van der Waals surface area contributed by atoms with Crippen LogP contribution in [0.4, 0.5) is 27.8 Å². The summed E-state index contributed by atoms with van der Waals surface area (Å²) in [5.41, 5.74) is -3.95. The fourth-order valence-corrected chi connectivity index (χ4v) is 4.06. The van der Waals surface area contributed by atoms with Crippen molar-refractivity contribution in [2.75, 3.05) is 11.4 Å². The quantitative estimate of drug-likeness (QED) is 0.499. The monoisotopic (exact) mass is 524 g/mol. The van der Waals surface area contributed by atoms with E-state index >= 15 is 0 Å². The Kier molecular flexibility index (Phi) is 6.52. The van der Waals surface area contributed by atoms with E-state index in [0.717, 1.165) is 27.8 Å². The number of aromatic nitrogens is 2. The first-order valence-electron chi connectivity index (χ1n) is 11.2. The number of hydrogen-bond donors (Lipinski definition) is 2. The predicted octanol–water partition coefficient (Wildman–Crippen LogP) is 3.22. The second-order valence-corrected chi connectivity index (χ2v) is 8.83. The highest BCUT2D eigenvalue weighted by atomic mass is 19.4. The summed E-state index contributed by atoms with van der Waals surface area (Å²) >= 11 is 0. The number of pyridine rings is 2. The molecule has 2 atom stereocenters. The first kappa shape index (κ1) is 26.2. The topological polar surface area (TPSA) is 105 Å². The fraction of sp³-hybridized carbons (Fsp3) is 0.333. The number of amides is 2. The number of fused-ring (bicyclic) bond motifs is 1. The molecule has 1 fully saturated rings. The largest absolute Gasteiger partial charge is 0.408 e. The molecular formula is C24H21F5N4O4. The molecule has 1 saturated heterocycles. The van der Waals surface area contributed by atoms with Gasteiger partial charge in [-0.25, -0.2) is 13.8 Å². The summed E-state index contributed by atoms with van der Waals surface area (Å²) in [5.74, 6) is -4.02. The first-order chi connectivity index (χ1) is 17.2. The van der Waals surface area contributed by atoms with Crippen molar-refractivity contribution in [1.82, 2.24) is 14.9 Å². The molecule has 3 aromatic rings. The molecule has 37 heavy (non-hydrogen) atoms. The van der Waals surface area contributed by atoms with Crippen molar-refractivity contribution < 1.29 is 36.6 Å². The smallest absolute Gasteiger partial charge is 0.380 e. The van der Waals surface area contributed by atoms with Gasteiger partial charge in [-0.15, -0.1) is 0 Å². The highest BCUT2D eigenvalue weighted by Crippen LogP contribution is 2.29. The van der Waals surface area contributed by atoms with Crippen LogP contribution in [0.1, 0.15) is 37.0 Å². The Morgan fingerprint density at radius 2 is 1.92 bits per heavy atom. The van der Waals surface area contributed by atoms with Crippen molar-refractivity contribution in [2.24, 2.45) is 0 Å². The van der Waals surface area contributed by atoms with Gasteiger partial charge in [0, 0.05) is 25.2 Å². The molecule has 0 saturated carbocycles. The molecule has 2 amide bonds. The summed E-state index contributed by atoms with van der Waals surface area (Å²) in [5, 5.41) is 11.7. The van der Waals surface area contributed by atoms with Gasteiger partial charge in [-0.1, -0.05) is 6.92 Å². The van der Waals surface area contributed by atoms with Gasteiger partial charge in [0.1, 0.15) is 34.7 Å². The molecule has 3 heterocycles. The van der Waals surface area contributed by atoms with E-state index in [4.69, 9.17) is 0 Å². The van der Waals surface area contributed by atoms with Crippen molar-refractivity contribution in [3.05, 3.63) is 63.9 Å². The molecule has 2 aromatic heterocycles. The number of carbonyl (C=O) groups excluding carboxylic acids is 2. The highest BCUT2D eigenvalue weighted by molar-refractivity contribution is 6.02. The molecule has 2 N–H and O–H groups in total. The van der Waals surface area contributed by atoms with E-state index in [1.807, 2.05) is 0 Å². The van der Waals surface area contributed by atoms with Crippen molar-refractivity contribution in [3.63, 3.8) is 0 Å². The van der Waals surface area contributed by atoms with E-state index in [1.54, 1.807) is 5.32 Å². The number of benzene rings is 1. The highest BCUT2D eigenvalue weighted by Gasteiger charge is 2.42. The van der Waals surface area contributed by atoms with Crippen LogP contribution in [0.3, 0.4) is 0 Å². The van der Waals surface area contributed by atoms with Gasteiger partial charge >= 0.3 is 6.18 Å². The zero-order valence-corrected chi connectivity index (χ0v) is 19.6. The van der Waals surface area contributed by atoms with Crippen molar-refractivity contribution in [2.45, 2.75) is 44.5 Å². The maximum atomic E-state index is 14.8. The molecule has 0 aliphatic carbocycles. The number of aliphatic hydroxyl groups is 1. The number of halogens is 5. The third kappa shape index (κ3) is 4.78. The Morgan fingerprint density at radius 1 is 1.22 bits per heavy atom. The van der Waals surface area contributed by atoms with Crippen LogP contribution in [0.5, 0.6) is 0 Å². The Bertz CT molecular complexity index is 1470. The zero-order valence-electron chi connectivity index (χ0n) is 19.6. The minimum Gasteiger partial charge on any atom is -0.380 e. The Labute approximate surface area is 206 Å². The third-order valence-electron chi connectivity index (χ3n) is 6.16. The number of nitrogens with zero attached hydrogens (tertiary/aromatic N) is 3. The summed E-state index contributed by atoms with van der Waals surface area (Å²) in [7, 11) is 0. The van der Waals surface area contributed by atoms with E-state index in [2.05, 4.69) is 4.98 Å². The van der Waals surface area contributed by atoms with E-state index in [1.165, 1.54) is 26.0 Å². The van der Waals surface area contributed by atoms with Crippen LogP contribution < -0.4 is 15.6 Å². The second-order valence-electron chi connectivity index (χ2n) is 8.83. The maximum absolute atomic E-state index is 14.8. The Hall–Kier alpha value is -3.87. The normalized spacial score (nSPS) is 18.9. The number of anilines is 1. The van der Waals surface area contributed by atoms with Crippen LogP contribution in [0, 0.1) is 11.6 Å². The van der Waals surface area contributed by atoms with Crippen LogP contribution in [-0.2, 0) is 4.79 Å². The van der Waals surface area contributed by atoms with Crippen LogP contribution in [0.25, 0.3) is 16.7 Å². The number of hydrogen-bond acceptors (Lipinski definition) is 5. The molecule has 8 nitrogen and oxygen atoms in total. The Morgan fingerprint density at radius 3 is 2.49 bits per heavy atom. The summed E-state index contributed by atoms with van der Waals surface area (Å²) in [6.07, 6.45) is -4.36. The number of alkyl halides is 3. The second kappa shape index (κ2) is 9.21. The van der Waals surface area contributed by atoms with Crippen molar-refractivity contribution in [1.29, 1.82) is 0 Å². The average molecular weight is 524 g/mol. The summed E-state index contributed by atoms with van der Waals surface area (Å²) in [6, 6.07) is 2.67. The molecule has 196 valence electrons. The third-order valence-corrected chi connectivity index (χ3v) is 6.16. The zero-order chi connectivity index (χ0) is 27.3. The van der Waals surface area contributed by atoms with Crippen LogP contribution in [-0.4, -0.2) is 50.8 Å². The number of nitrogens with one attached hydrogen (secondary N) is 1. The van der Waals surface area contributed by atoms with Crippen molar-refractivity contribution >= 4 is 28.7 Å². The molecular weight excluding hydrogens is 503 g/mol. The molecule has 0 radical (unpaired) electrons. The summed E-state index contributed by atoms with van der Waals surface area (Å²) < 4.78 is 68.9. The molecule has 0 spiro atoms. The lowest BCUT2D eigenvalue weighted by Crippen LogP contribution is -2.46. The number of rotatable bonds is 5. The molecule has 1 aromatic carbocycles. The van der Waals surface area contributed by atoms with Crippen LogP contribution in [0.2, 0.25) is 0 Å². The van der Waals surface area contributed by atoms with E-state index in [9.17, 15) is 41.4 Å². The van der Waals surface area contributed by atoms with Gasteiger partial charge in [0.2, 0.25) is 5.43 Å². The van der Waals surface area contributed by atoms with Crippen LogP contribution >= 0.6 is 0 Å². The standard InChI is InChI=1S/C24H21F5N4O4/c1-3-17(24(27,28)29)30-21(35)14-11-33(16-6-4-12(25)10-15(16)26)20-13(19(14)34)5-7-18(31-20)32-9-8-23(2,37)22(32)36/h4-7,10-11,17,37H,3,8-9H2,1-2H3,(H,30,35). The van der Waals surface area contributed by atoms with E-state index in [-0.39, 0.29) is 35.5 Å².